The van der Waals surface area contributed by atoms with Gasteiger partial charge in [-0.2, -0.15) is 0 Å². The van der Waals surface area contributed by atoms with Crippen LogP contribution < -0.4 is 5.32 Å². The smallest absolute Gasteiger partial charge is 0.220 e. The number of aryl methyl sites for hydroxylation is 1. The molecule has 1 rings (SSSR count). The van der Waals surface area contributed by atoms with Gasteiger partial charge < -0.3 is 10.4 Å². The number of carbonyl (C=O) groups is 1. The summed E-state index contributed by atoms with van der Waals surface area (Å²) in [6, 6.07) is 7.51. The fraction of sp³-hybridized carbons (Fsp3) is 0.500. The minimum atomic E-state index is -0.530. The molecule has 0 bridgehead atoms. The van der Waals surface area contributed by atoms with Crippen molar-refractivity contribution in [2.45, 2.75) is 38.6 Å². The molecule has 1 unspecified atom stereocenters. The molecule has 0 heterocycles. The first-order valence-electron chi connectivity index (χ1n) is 6.16. The van der Waals surface area contributed by atoms with Gasteiger partial charge in [-0.3, -0.25) is 4.79 Å². The average molecular weight is 270 g/mol. The molecule has 1 atom stereocenters. The Balaban J connectivity index is 2.50. The lowest BCUT2D eigenvalue weighted by molar-refractivity contribution is -0.123. The fourth-order valence-corrected chi connectivity index (χ4v) is 1.82. The third-order valence-electron chi connectivity index (χ3n) is 3.15. The Kier molecular flexibility index (Phi) is 5.63. The lowest BCUT2D eigenvalue weighted by Gasteiger charge is -2.27. The number of hydrogen-bond donors (Lipinski definition) is 2. The van der Waals surface area contributed by atoms with E-state index in [1.807, 2.05) is 38.1 Å². The molecule has 0 aromatic heterocycles. The van der Waals surface area contributed by atoms with Crippen molar-refractivity contribution < 1.29 is 9.90 Å². The Bertz CT molecular complexity index is 403. The third-order valence-corrected chi connectivity index (χ3v) is 3.52. The van der Waals surface area contributed by atoms with Crippen LogP contribution in [0.5, 0.6) is 0 Å². The van der Waals surface area contributed by atoms with Gasteiger partial charge in [-0.25, -0.2) is 0 Å². The van der Waals surface area contributed by atoms with Gasteiger partial charge >= 0.3 is 0 Å². The number of aliphatic hydroxyl groups is 1. The van der Waals surface area contributed by atoms with Gasteiger partial charge in [0.1, 0.15) is 0 Å². The molecule has 0 aliphatic rings. The molecule has 18 heavy (non-hydrogen) atoms. The van der Waals surface area contributed by atoms with Crippen LogP contribution in [-0.2, 0) is 11.2 Å². The Morgan fingerprint density at radius 2 is 2.11 bits per heavy atom. The van der Waals surface area contributed by atoms with E-state index in [0.29, 0.717) is 24.3 Å². The minimum Gasteiger partial charge on any atom is -0.394 e. The van der Waals surface area contributed by atoms with Gasteiger partial charge in [-0.15, -0.1) is 0 Å². The Morgan fingerprint density at radius 1 is 1.44 bits per heavy atom. The number of nitrogens with one attached hydrogen (secondary N) is 1. The number of hydrogen-bond acceptors (Lipinski definition) is 2. The van der Waals surface area contributed by atoms with Crippen LogP contribution in [0.1, 0.15) is 32.3 Å². The van der Waals surface area contributed by atoms with E-state index in [1.165, 1.54) is 0 Å². The van der Waals surface area contributed by atoms with Crippen LogP contribution in [0.25, 0.3) is 0 Å². The molecule has 4 heteroatoms. The maximum absolute atomic E-state index is 11.8. The number of halogens is 1. The number of rotatable bonds is 6. The van der Waals surface area contributed by atoms with Crippen LogP contribution in [0, 0.1) is 0 Å². The van der Waals surface area contributed by atoms with Gasteiger partial charge in [-0.05, 0) is 31.4 Å². The quantitative estimate of drug-likeness (QED) is 0.834. The monoisotopic (exact) mass is 269 g/mol. The van der Waals surface area contributed by atoms with Crippen molar-refractivity contribution in [1.29, 1.82) is 0 Å². The second-order valence-corrected chi connectivity index (χ2v) is 5.12. The van der Waals surface area contributed by atoms with Gasteiger partial charge in [0.05, 0.1) is 12.1 Å². The molecule has 1 amide bonds. The van der Waals surface area contributed by atoms with E-state index in [4.69, 9.17) is 11.6 Å². The van der Waals surface area contributed by atoms with Crippen molar-refractivity contribution in [2.75, 3.05) is 6.61 Å². The van der Waals surface area contributed by atoms with Crippen molar-refractivity contribution >= 4 is 17.5 Å². The molecule has 0 radical (unpaired) electrons. The summed E-state index contributed by atoms with van der Waals surface area (Å²) < 4.78 is 0. The van der Waals surface area contributed by atoms with Crippen molar-refractivity contribution in [2.24, 2.45) is 0 Å². The molecule has 3 nitrogen and oxygen atoms in total. The van der Waals surface area contributed by atoms with Crippen molar-refractivity contribution in [1.82, 2.24) is 5.32 Å². The van der Waals surface area contributed by atoms with E-state index < -0.39 is 5.54 Å². The summed E-state index contributed by atoms with van der Waals surface area (Å²) in [5.74, 6) is -0.0617. The summed E-state index contributed by atoms with van der Waals surface area (Å²) in [4.78, 5) is 11.8. The molecular weight excluding hydrogens is 250 g/mol. The van der Waals surface area contributed by atoms with E-state index in [1.54, 1.807) is 0 Å². The normalized spacial score (nSPS) is 14.0. The zero-order chi connectivity index (χ0) is 13.6. The van der Waals surface area contributed by atoms with Crippen LogP contribution in [0.15, 0.2) is 24.3 Å². The summed E-state index contributed by atoms with van der Waals surface area (Å²) in [5.41, 5.74) is 0.439. The number of carbonyl (C=O) groups excluding carboxylic acids is 1. The van der Waals surface area contributed by atoms with Crippen LogP contribution in [0.3, 0.4) is 0 Å². The largest absolute Gasteiger partial charge is 0.394 e. The number of aliphatic hydroxyl groups excluding tert-OH is 1. The molecule has 0 saturated heterocycles. The van der Waals surface area contributed by atoms with Gasteiger partial charge in [0, 0.05) is 11.4 Å². The number of amides is 1. The van der Waals surface area contributed by atoms with Crippen LogP contribution in [0.2, 0.25) is 5.02 Å². The van der Waals surface area contributed by atoms with Gasteiger partial charge in [-0.1, -0.05) is 36.7 Å². The Hall–Kier alpha value is -1.06. The molecule has 100 valence electrons. The Labute approximate surface area is 113 Å². The van der Waals surface area contributed by atoms with Crippen LogP contribution in [0.4, 0.5) is 0 Å². The SMILES string of the molecule is CCC(C)(CO)NC(=O)CCc1ccccc1Cl. The first kappa shape index (κ1) is 15.0. The first-order chi connectivity index (χ1) is 8.50. The van der Waals surface area contributed by atoms with Gasteiger partial charge in [0.2, 0.25) is 5.91 Å². The zero-order valence-electron chi connectivity index (χ0n) is 10.9. The topological polar surface area (TPSA) is 49.3 Å². The van der Waals surface area contributed by atoms with E-state index in [9.17, 15) is 9.90 Å². The predicted molar refractivity (Wildman–Crippen MR) is 73.7 cm³/mol. The lowest BCUT2D eigenvalue weighted by Crippen LogP contribution is -2.48. The predicted octanol–water partition coefficient (Wildman–Crippen LogP) is 2.55. The van der Waals surface area contributed by atoms with Crippen LogP contribution in [-0.4, -0.2) is 23.2 Å². The second-order valence-electron chi connectivity index (χ2n) is 4.71. The highest BCUT2D eigenvalue weighted by atomic mass is 35.5. The summed E-state index contributed by atoms with van der Waals surface area (Å²) in [7, 11) is 0. The maximum Gasteiger partial charge on any atom is 0.220 e. The molecule has 1 aromatic rings. The summed E-state index contributed by atoms with van der Waals surface area (Å²) in [6.45, 7) is 3.71. The highest BCUT2D eigenvalue weighted by Gasteiger charge is 2.22. The van der Waals surface area contributed by atoms with Crippen molar-refractivity contribution in [3.63, 3.8) is 0 Å². The summed E-state index contributed by atoms with van der Waals surface area (Å²) >= 11 is 6.02. The number of benzene rings is 1. The van der Waals surface area contributed by atoms with E-state index >= 15 is 0 Å². The van der Waals surface area contributed by atoms with Crippen molar-refractivity contribution in [3.8, 4) is 0 Å². The maximum atomic E-state index is 11.8. The van der Waals surface area contributed by atoms with E-state index in [-0.39, 0.29) is 12.5 Å². The van der Waals surface area contributed by atoms with Gasteiger partial charge in [0.15, 0.2) is 0 Å². The molecule has 0 spiro atoms. The molecule has 2 N–H and O–H groups in total. The van der Waals surface area contributed by atoms with E-state index in [0.717, 1.165) is 5.56 Å². The summed E-state index contributed by atoms with van der Waals surface area (Å²) in [5, 5.41) is 12.8. The molecular formula is C14H20ClNO2. The first-order valence-corrected chi connectivity index (χ1v) is 6.54. The molecule has 0 aliphatic heterocycles. The standard InChI is InChI=1S/C14H20ClNO2/c1-3-14(2,10-17)16-13(18)9-8-11-6-4-5-7-12(11)15/h4-7,17H,3,8-10H2,1-2H3,(H,16,18). The molecule has 1 aromatic carbocycles. The Morgan fingerprint density at radius 3 is 2.67 bits per heavy atom. The van der Waals surface area contributed by atoms with Crippen LogP contribution >= 0.6 is 11.6 Å². The zero-order valence-corrected chi connectivity index (χ0v) is 11.6. The molecule has 0 fully saturated rings. The van der Waals surface area contributed by atoms with Gasteiger partial charge in [0.25, 0.3) is 0 Å². The average Bonchev–Trinajstić information content (AvgIpc) is 2.37. The fourth-order valence-electron chi connectivity index (χ4n) is 1.59. The van der Waals surface area contributed by atoms with Crippen molar-refractivity contribution in [3.05, 3.63) is 34.9 Å². The highest BCUT2D eigenvalue weighted by Crippen LogP contribution is 2.17. The minimum absolute atomic E-state index is 0.0542. The molecule has 0 saturated carbocycles. The highest BCUT2D eigenvalue weighted by molar-refractivity contribution is 6.31. The second kappa shape index (κ2) is 6.76. The third kappa shape index (κ3) is 4.31. The van der Waals surface area contributed by atoms with E-state index in [2.05, 4.69) is 5.32 Å². The summed E-state index contributed by atoms with van der Waals surface area (Å²) in [6.07, 6.45) is 1.68. The molecule has 0 aliphatic carbocycles. The lowest BCUT2D eigenvalue weighted by atomic mass is 9.99.